The molecule has 0 fully saturated rings. The van der Waals surface area contributed by atoms with E-state index in [1.54, 1.807) is 6.92 Å². The molecule has 20 heavy (non-hydrogen) atoms. The van der Waals surface area contributed by atoms with Crippen molar-refractivity contribution in [3.8, 4) is 0 Å². The molecule has 0 aliphatic carbocycles. The Kier molecular flexibility index (Phi) is 4.39. The molecular formula is C15H19N3OS. The van der Waals surface area contributed by atoms with E-state index in [9.17, 15) is 4.79 Å². The Hall–Kier alpha value is -1.88. The van der Waals surface area contributed by atoms with E-state index in [1.807, 2.05) is 6.92 Å². The predicted molar refractivity (Wildman–Crippen MR) is 82.9 cm³/mol. The molecule has 0 bridgehead atoms. The van der Waals surface area contributed by atoms with Gasteiger partial charge in [-0.3, -0.25) is 4.79 Å². The topological polar surface area (TPSA) is 68.0 Å². The zero-order valence-corrected chi connectivity index (χ0v) is 12.8. The average Bonchev–Trinajstić information content (AvgIpc) is 2.76. The van der Waals surface area contributed by atoms with Crippen molar-refractivity contribution in [3.63, 3.8) is 0 Å². The van der Waals surface area contributed by atoms with Gasteiger partial charge in [0.15, 0.2) is 5.13 Å². The number of carbonyl (C=O) groups is 1. The smallest absolute Gasteiger partial charge is 0.263 e. The SMILES string of the molecule is CCC(NC(=O)c1sc(N)nc1C)c1ccc(C)cc1. The third-order valence-electron chi connectivity index (χ3n) is 3.21. The molecular weight excluding hydrogens is 270 g/mol. The summed E-state index contributed by atoms with van der Waals surface area (Å²) in [4.78, 5) is 17.0. The van der Waals surface area contributed by atoms with E-state index in [0.29, 0.717) is 15.7 Å². The van der Waals surface area contributed by atoms with Crippen molar-refractivity contribution in [2.24, 2.45) is 0 Å². The summed E-state index contributed by atoms with van der Waals surface area (Å²) in [6, 6.07) is 8.22. The predicted octanol–water partition coefficient (Wildman–Crippen LogP) is 3.22. The number of nitrogens with two attached hydrogens (primary N) is 1. The highest BCUT2D eigenvalue weighted by Gasteiger charge is 2.18. The Morgan fingerprint density at radius 3 is 2.50 bits per heavy atom. The van der Waals surface area contributed by atoms with E-state index in [-0.39, 0.29) is 11.9 Å². The molecule has 1 aromatic carbocycles. The molecule has 2 rings (SSSR count). The van der Waals surface area contributed by atoms with Crippen molar-refractivity contribution in [1.29, 1.82) is 0 Å². The van der Waals surface area contributed by atoms with Crippen LogP contribution in [0.15, 0.2) is 24.3 Å². The van der Waals surface area contributed by atoms with Crippen molar-refractivity contribution in [2.45, 2.75) is 33.2 Å². The zero-order valence-electron chi connectivity index (χ0n) is 11.9. The highest BCUT2D eigenvalue weighted by atomic mass is 32.1. The molecule has 1 atom stereocenters. The number of aromatic nitrogens is 1. The number of rotatable bonds is 4. The molecule has 4 nitrogen and oxygen atoms in total. The van der Waals surface area contributed by atoms with Crippen molar-refractivity contribution in [3.05, 3.63) is 46.0 Å². The van der Waals surface area contributed by atoms with E-state index in [0.717, 1.165) is 12.0 Å². The van der Waals surface area contributed by atoms with Gasteiger partial charge in [-0.15, -0.1) is 0 Å². The molecule has 0 saturated heterocycles. The first kappa shape index (κ1) is 14.5. The van der Waals surface area contributed by atoms with Crippen LogP contribution in [0.1, 0.15) is 45.9 Å². The Morgan fingerprint density at radius 1 is 1.35 bits per heavy atom. The summed E-state index contributed by atoms with van der Waals surface area (Å²) in [5, 5.41) is 3.48. The van der Waals surface area contributed by atoms with Crippen LogP contribution in [0.3, 0.4) is 0 Å². The Labute approximate surface area is 123 Å². The van der Waals surface area contributed by atoms with Crippen LogP contribution in [0, 0.1) is 13.8 Å². The van der Waals surface area contributed by atoms with Crippen molar-refractivity contribution in [1.82, 2.24) is 10.3 Å². The number of nitrogen functional groups attached to an aromatic ring is 1. The number of nitrogens with zero attached hydrogens (tertiary/aromatic N) is 1. The first-order valence-corrected chi connectivity index (χ1v) is 7.43. The van der Waals surface area contributed by atoms with Gasteiger partial charge in [0.25, 0.3) is 5.91 Å². The molecule has 0 saturated carbocycles. The molecule has 1 unspecified atom stereocenters. The van der Waals surface area contributed by atoms with Gasteiger partial charge in [-0.2, -0.15) is 0 Å². The highest BCUT2D eigenvalue weighted by Crippen LogP contribution is 2.22. The van der Waals surface area contributed by atoms with Gasteiger partial charge in [-0.25, -0.2) is 4.98 Å². The fourth-order valence-corrected chi connectivity index (χ4v) is 2.81. The third-order valence-corrected chi connectivity index (χ3v) is 4.20. The molecule has 5 heteroatoms. The molecule has 0 spiro atoms. The molecule has 1 amide bonds. The Morgan fingerprint density at radius 2 is 2.00 bits per heavy atom. The van der Waals surface area contributed by atoms with E-state index in [1.165, 1.54) is 16.9 Å². The number of amides is 1. The van der Waals surface area contributed by atoms with Crippen LogP contribution in [-0.4, -0.2) is 10.9 Å². The van der Waals surface area contributed by atoms with E-state index in [2.05, 4.69) is 41.5 Å². The molecule has 0 radical (unpaired) electrons. The maximum Gasteiger partial charge on any atom is 0.263 e. The van der Waals surface area contributed by atoms with Gasteiger partial charge in [0.2, 0.25) is 0 Å². The van der Waals surface area contributed by atoms with Crippen molar-refractivity contribution in [2.75, 3.05) is 5.73 Å². The summed E-state index contributed by atoms with van der Waals surface area (Å²) in [6.07, 6.45) is 0.835. The van der Waals surface area contributed by atoms with Gasteiger partial charge in [-0.1, -0.05) is 48.1 Å². The van der Waals surface area contributed by atoms with Gasteiger partial charge in [0, 0.05) is 0 Å². The number of nitrogens with one attached hydrogen (secondary N) is 1. The number of carbonyl (C=O) groups excluding carboxylic acids is 1. The number of thiazole rings is 1. The summed E-state index contributed by atoms with van der Waals surface area (Å²) in [5.41, 5.74) is 8.64. The number of hydrogen-bond acceptors (Lipinski definition) is 4. The highest BCUT2D eigenvalue weighted by molar-refractivity contribution is 7.17. The van der Waals surface area contributed by atoms with Crippen LogP contribution >= 0.6 is 11.3 Å². The normalized spacial score (nSPS) is 12.2. The number of benzene rings is 1. The molecule has 0 aliphatic rings. The minimum atomic E-state index is -0.107. The quantitative estimate of drug-likeness (QED) is 0.908. The summed E-state index contributed by atoms with van der Waals surface area (Å²) >= 11 is 1.23. The second-order valence-corrected chi connectivity index (χ2v) is 5.84. The minimum absolute atomic E-state index is 0.00539. The fourth-order valence-electron chi connectivity index (χ4n) is 2.07. The van der Waals surface area contributed by atoms with Gasteiger partial charge >= 0.3 is 0 Å². The van der Waals surface area contributed by atoms with E-state index < -0.39 is 0 Å². The minimum Gasteiger partial charge on any atom is -0.375 e. The van der Waals surface area contributed by atoms with Gasteiger partial charge < -0.3 is 11.1 Å². The van der Waals surface area contributed by atoms with Crippen LogP contribution in [0.25, 0.3) is 0 Å². The lowest BCUT2D eigenvalue weighted by Crippen LogP contribution is -2.28. The maximum atomic E-state index is 12.3. The number of hydrogen-bond donors (Lipinski definition) is 2. The fraction of sp³-hybridized carbons (Fsp3) is 0.333. The van der Waals surface area contributed by atoms with E-state index >= 15 is 0 Å². The standard InChI is InChI=1S/C15H19N3OS/c1-4-12(11-7-5-9(2)6-8-11)18-14(19)13-10(3)17-15(16)20-13/h5-8,12H,4H2,1-3H3,(H2,16,17)(H,18,19). The van der Waals surface area contributed by atoms with Crippen LogP contribution in [0.4, 0.5) is 5.13 Å². The summed E-state index contributed by atoms with van der Waals surface area (Å²) in [5.74, 6) is -0.107. The molecule has 3 N–H and O–H groups in total. The first-order valence-electron chi connectivity index (χ1n) is 6.61. The molecule has 1 heterocycles. The summed E-state index contributed by atoms with van der Waals surface area (Å²) in [7, 11) is 0. The number of anilines is 1. The van der Waals surface area contributed by atoms with Crippen LogP contribution in [0.2, 0.25) is 0 Å². The Balaban J connectivity index is 2.16. The van der Waals surface area contributed by atoms with Crippen LogP contribution < -0.4 is 11.1 Å². The lowest BCUT2D eigenvalue weighted by atomic mass is 10.0. The third kappa shape index (κ3) is 3.17. The maximum absolute atomic E-state index is 12.3. The van der Waals surface area contributed by atoms with Gasteiger partial charge in [0.1, 0.15) is 4.88 Å². The molecule has 0 aliphatic heterocycles. The molecule has 2 aromatic rings. The van der Waals surface area contributed by atoms with E-state index in [4.69, 9.17) is 5.73 Å². The zero-order chi connectivity index (χ0) is 14.7. The van der Waals surface area contributed by atoms with Crippen LogP contribution in [0.5, 0.6) is 0 Å². The Bertz CT molecular complexity index is 604. The largest absolute Gasteiger partial charge is 0.375 e. The molecule has 1 aromatic heterocycles. The van der Waals surface area contributed by atoms with Gasteiger partial charge in [0.05, 0.1) is 11.7 Å². The lowest BCUT2D eigenvalue weighted by molar-refractivity contribution is 0.0939. The second-order valence-electron chi connectivity index (χ2n) is 4.81. The average molecular weight is 289 g/mol. The number of aryl methyl sites for hydroxylation is 2. The lowest BCUT2D eigenvalue weighted by Gasteiger charge is -2.17. The second kappa shape index (κ2) is 6.05. The van der Waals surface area contributed by atoms with Crippen molar-refractivity contribution < 1.29 is 4.79 Å². The monoisotopic (exact) mass is 289 g/mol. The van der Waals surface area contributed by atoms with Crippen LogP contribution in [-0.2, 0) is 0 Å². The summed E-state index contributed by atoms with van der Waals surface area (Å²) in [6.45, 7) is 5.90. The van der Waals surface area contributed by atoms with Crippen molar-refractivity contribution >= 4 is 22.4 Å². The first-order chi connectivity index (χ1) is 9.51. The summed E-state index contributed by atoms with van der Waals surface area (Å²) < 4.78 is 0. The van der Waals surface area contributed by atoms with Gasteiger partial charge in [-0.05, 0) is 25.8 Å². The molecule has 106 valence electrons.